The lowest BCUT2D eigenvalue weighted by atomic mass is 10.1. The summed E-state index contributed by atoms with van der Waals surface area (Å²) in [6.07, 6.45) is 2.92. The molecule has 3 aromatic rings. The van der Waals surface area contributed by atoms with Gasteiger partial charge in [0.05, 0.1) is 17.9 Å². The van der Waals surface area contributed by atoms with E-state index >= 15 is 0 Å². The summed E-state index contributed by atoms with van der Waals surface area (Å²) in [5.41, 5.74) is 6.95. The molecule has 0 amide bonds. The number of benzene rings is 2. The van der Waals surface area contributed by atoms with E-state index in [-0.39, 0.29) is 5.97 Å². The van der Waals surface area contributed by atoms with Crippen LogP contribution in [0.1, 0.15) is 46.7 Å². The highest BCUT2D eigenvalue weighted by Gasteiger charge is 2.12. The van der Waals surface area contributed by atoms with Gasteiger partial charge in [0.25, 0.3) is 0 Å². The topological polar surface area (TPSA) is 43.6 Å². The van der Waals surface area contributed by atoms with Gasteiger partial charge < -0.3 is 9.30 Å². The molecule has 0 spiro atoms. The molecule has 3 rings (SSSR count). The lowest BCUT2D eigenvalue weighted by molar-refractivity contribution is 0.0526. The van der Waals surface area contributed by atoms with Crippen molar-refractivity contribution in [2.75, 3.05) is 6.61 Å². The Bertz CT molecular complexity index is 998. The Morgan fingerprint density at radius 1 is 1.07 bits per heavy atom. The van der Waals surface area contributed by atoms with Crippen LogP contribution < -0.4 is 0 Å². The van der Waals surface area contributed by atoms with E-state index in [4.69, 9.17) is 4.74 Å². The summed E-state index contributed by atoms with van der Waals surface area (Å²) in [7, 11) is 0. The molecular weight excluding hydrogens is 348 g/mol. The Balaban J connectivity index is 1.90. The first-order valence-corrected chi connectivity index (χ1v) is 9.63. The van der Waals surface area contributed by atoms with Crippen molar-refractivity contribution in [3.63, 3.8) is 0 Å². The maximum atomic E-state index is 12.1. The molecule has 0 atom stereocenters. The van der Waals surface area contributed by atoms with Crippen molar-refractivity contribution < 1.29 is 9.53 Å². The minimum Gasteiger partial charge on any atom is -0.462 e. The van der Waals surface area contributed by atoms with Gasteiger partial charge in [0.1, 0.15) is 0 Å². The lowest BCUT2D eigenvalue weighted by Gasteiger charge is -2.11. The van der Waals surface area contributed by atoms with E-state index in [1.165, 1.54) is 5.56 Å². The zero-order valence-corrected chi connectivity index (χ0v) is 16.9. The summed E-state index contributed by atoms with van der Waals surface area (Å²) in [4.78, 5) is 16.7. The Kier molecular flexibility index (Phi) is 6.09. The minimum absolute atomic E-state index is 0.302. The number of hydrogen-bond donors (Lipinski definition) is 0. The van der Waals surface area contributed by atoms with Crippen LogP contribution in [0, 0.1) is 13.8 Å². The first kappa shape index (κ1) is 19.6. The average Bonchev–Trinajstić information content (AvgIpc) is 3.00. The van der Waals surface area contributed by atoms with Gasteiger partial charge in [-0.3, -0.25) is 4.99 Å². The van der Waals surface area contributed by atoms with Crippen molar-refractivity contribution in [3.05, 3.63) is 82.7 Å². The maximum Gasteiger partial charge on any atom is 0.338 e. The molecule has 2 aromatic carbocycles. The number of nitrogens with zero attached hydrogens (tertiary/aromatic N) is 2. The molecule has 144 valence electrons. The monoisotopic (exact) mass is 374 g/mol. The molecular formula is C24H26N2O2. The number of aryl methyl sites for hydroxylation is 2. The molecule has 4 nitrogen and oxygen atoms in total. The highest BCUT2D eigenvalue weighted by molar-refractivity contribution is 5.90. The second-order valence-electron chi connectivity index (χ2n) is 6.71. The van der Waals surface area contributed by atoms with E-state index in [1.807, 2.05) is 43.5 Å². The predicted molar refractivity (Wildman–Crippen MR) is 114 cm³/mol. The van der Waals surface area contributed by atoms with Gasteiger partial charge in [0, 0.05) is 28.9 Å². The molecule has 1 aromatic heterocycles. The molecule has 0 fully saturated rings. The van der Waals surface area contributed by atoms with Gasteiger partial charge in [-0.05, 0) is 69.2 Å². The predicted octanol–water partition coefficient (Wildman–Crippen LogP) is 5.58. The van der Waals surface area contributed by atoms with Crippen LogP contribution in [-0.4, -0.2) is 23.4 Å². The number of ether oxygens (including phenoxy) is 1. The number of carbonyl (C=O) groups excluding carboxylic acids is 1. The van der Waals surface area contributed by atoms with E-state index < -0.39 is 0 Å². The molecule has 0 bridgehead atoms. The molecule has 0 unspecified atom stereocenters. The first-order chi connectivity index (χ1) is 13.5. The lowest BCUT2D eigenvalue weighted by Crippen LogP contribution is -2.06. The fourth-order valence-electron chi connectivity index (χ4n) is 3.26. The SMILES string of the molecule is CCOC(=O)c1cccc(-n2c(C)cc(C=Nc3ccc(CC)cc3)c2C)c1. The standard InChI is InChI=1S/C24H26N2O2/c1-5-19-10-12-22(13-11-19)25-16-21-14-17(3)26(18(21)4)23-9-7-8-20(15-23)24(27)28-6-2/h7-16H,5-6H2,1-4H3. The molecule has 4 heteroatoms. The van der Waals surface area contributed by atoms with Gasteiger partial charge in [-0.25, -0.2) is 4.79 Å². The third-order valence-corrected chi connectivity index (χ3v) is 4.78. The normalized spacial score (nSPS) is 11.1. The Hall–Kier alpha value is -3.14. The summed E-state index contributed by atoms with van der Waals surface area (Å²) in [5, 5.41) is 0. The van der Waals surface area contributed by atoms with Gasteiger partial charge >= 0.3 is 5.97 Å². The number of aromatic nitrogens is 1. The van der Waals surface area contributed by atoms with Crippen molar-refractivity contribution >= 4 is 17.9 Å². The van der Waals surface area contributed by atoms with Crippen LogP contribution in [0.15, 0.2) is 59.6 Å². The summed E-state index contributed by atoms with van der Waals surface area (Å²) < 4.78 is 7.25. The molecule has 0 aliphatic heterocycles. The fourth-order valence-corrected chi connectivity index (χ4v) is 3.26. The summed E-state index contributed by atoms with van der Waals surface area (Å²) >= 11 is 0. The van der Waals surface area contributed by atoms with Gasteiger partial charge in [0.2, 0.25) is 0 Å². The van der Waals surface area contributed by atoms with E-state index in [9.17, 15) is 4.79 Å². The molecule has 0 radical (unpaired) electrons. The van der Waals surface area contributed by atoms with Crippen LogP contribution in [0.5, 0.6) is 0 Å². The van der Waals surface area contributed by atoms with Crippen molar-refractivity contribution in [1.29, 1.82) is 0 Å². The van der Waals surface area contributed by atoms with Crippen molar-refractivity contribution in [2.45, 2.75) is 34.1 Å². The van der Waals surface area contributed by atoms with Crippen molar-refractivity contribution in [2.24, 2.45) is 4.99 Å². The Morgan fingerprint density at radius 3 is 2.50 bits per heavy atom. The Labute approximate surface area is 166 Å². The highest BCUT2D eigenvalue weighted by Crippen LogP contribution is 2.22. The van der Waals surface area contributed by atoms with Crippen molar-refractivity contribution in [3.8, 4) is 5.69 Å². The van der Waals surface area contributed by atoms with E-state index in [1.54, 1.807) is 6.07 Å². The van der Waals surface area contributed by atoms with Crippen LogP contribution in [-0.2, 0) is 11.2 Å². The molecule has 0 aliphatic carbocycles. The number of hydrogen-bond acceptors (Lipinski definition) is 3. The minimum atomic E-state index is -0.302. The fraction of sp³-hybridized carbons (Fsp3) is 0.250. The van der Waals surface area contributed by atoms with Gasteiger partial charge in [0.15, 0.2) is 0 Å². The average molecular weight is 374 g/mol. The Morgan fingerprint density at radius 2 is 1.82 bits per heavy atom. The van der Waals surface area contributed by atoms with E-state index in [2.05, 4.69) is 48.5 Å². The summed E-state index contributed by atoms with van der Waals surface area (Å²) in [6.45, 7) is 8.43. The molecule has 0 N–H and O–H groups in total. The largest absolute Gasteiger partial charge is 0.462 e. The van der Waals surface area contributed by atoms with Crippen molar-refractivity contribution in [1.82, 2.24) is 4.57 Å². The third-order valence-electron chi connectivity index (χ3n) is 4.78. The van der Waals surface area contributed by atoms with Gasteiger partial charge in [-0.1, -0.05) is 25.1 Å². The first-order valence-electron chi connectivity index (χ1n) is 9.63. The molecule has 0 aliphatic rings. The number of aliphatic imine (C=N–C) groups is 1. The number of carbonyl (C=O) groups is 1. The quantitative estimate of drug-likeness (QED) is 0.417. The second kappa shape index (κ2) is 8.70. The highest BCUT2D eigenvalue weighted by atomic mass is 16.5. The number of rotatable bonds is 6. The van der Waals surface area contributed by atoms with Crippen LogP contribution in [0.3, 0.4) is 0 Å². The van der Waals surface area contributed by atoms with Gasteiger partial charge in [-0.15, -0.1) is 0 Å². The maximum absolute atomic E-state index is 12.1. The van der Waals surface area contributed by atoms with Gasteiger partial charge in [-0.2, -0.15) is 0 Å². The zero-order chi connectivity index (χ0) is 20.1. The number of esters is 1. The van der Waals surface area contributed by atoms with Crippen LogP contribution in [0.25, 0.3) is 5.69 Å². The molecule has 28 heavy (non-hydrogen) atoms. The van der Waals surface area contributed by atoms with Crippen LogP contribution >= 0.6 is 0 Å². The molecule has 0 saturated carbocycles. The van der Waals surface area contributed by atoms with E-state index in [0.717, 1.165) is 34.7 Å². The molecule has 1 heterocycles. The smallest absolute Gasteiger partial charge is 0.338 e. The van der Waals surface area contributed by atoms with E-state index in [0.29, 0.717) is 12.2 Å². The summed E-state index contributed by atoms with van der Waals surface area (Å²) in [6, 6.07) is 17.9. The zero-order valence-electron chi connectivity index (χ0n) is 16.9. The second-order valence-corrected chi connectivity index (χ2v) is 6.71. The summed E-state index contributed by atoms with van der Waals surface area (Å²) in [5.74, 6) is -0.302. The van der Waals surface area contributed by atoms with Crippen LogP contribution in [0.2, 0.25) is 0 Å². The third kappa shape index (κ3) is 4.22. The molecule has 0 saturated heterocycles. The van der Waals surface area contributed by atoms with Crippen LogP contribution in [0.4, 0.5) is 5.69 Å².